The Labute approximate surface area is 160 Å². The van der Waals surface area contributed by atoms with Crippen molar-refractivity contribution >= 4 is 5.91 Å². The van der Waals surface area contributed by atoms with Gasteiger partial charge in [0, 0.05) is 31.9 Å². The van der Waals surface area contributed by atoms with E-state index in [1.807, 2.05) is 24.3 Å². The molecule has 27 heavy (non-hydrogen) atoms. The number of benzene rings is 1. The van der Waals surface area contributed by atoms with Gasteiger partial charge in [-0.15, -0.1) is 0 Å². The first-order valence-corrected chi connectivity index (χ1v) is 9.32. The molecule has 3 rings (SSSR count). The minimum absolute atomic E-state index is 0.143. The van der Waals surface area contributed by atoms with Crippen LogP contribution in [-0.4, -0.2) is 43.0 Å². The van der Waals surface area contributed by atoms with E-state index in [0.29, 0.717) is 6.61 Å². The van der Waals surface area contributed by atoms with Crippen LogP contribution in [0, 0.1) is 5.92 Å². The molecule has 144 valence electrons. The fraction of sp³-hybridized carbons (Fsp3) is 0.429. The van der Waals surface area contributed by atoms with Gasteiger partial charge >= 0.3 is 0 Å². The number of hydrogen-bond donors (Lipinski definition) is 1. The molecule has 0 atom stereocenters. The molecule has 1 aliphatic heterocycles. The first-order chi connectivity index (χ1) is 13.2. The van der Waals surface area contributed by atoms with E-state index >= 15 is 0 Å². The first-order valence-electron chi connectivity index (χ1n) is 9.32. The number of pyridine rings is 1. The standard InChI is InChI=1S/C21H27N3O3/c1-22-21(25)18-7-11-24(12-8-18)14-17-3-4-19(20(13-17)26-2)27-15-16-5-9-23-10-6-16/h3-6,9-10,13,18H,7-8,11-12,14-15H2,1-2H3,(H,22,25). The summed E-state index contributed by atoms with van der Waals surface area (Å²) in [5.74, 6) is 1.77. The van der Waals surface area contributed by atoms with E-state index in [1.165, 1.54) is 5.56 Å². The Balaban J connectivity index is 1.57. The number of ether oxygens (including phenoxy) is 2. The molecule has 1 amide bonds. The van der Waals surface area contributed by atoms with Crippen molar-refractivity contribution in [1.82, 2.24) is 15.2 Å². The number of nitrogens with one attached hydrogen (secondary N) is 1. The molecule has 1 aromatic heterocycles. The Morgan fingerprint density at radius 1 is 1.15 bits per heavy atom. The molecule has 0 unspecified atom stereocenters. The molecule has 0 bridgehead atoms. The molecule has 6 nitrogen and oxygen atoms in total. The molecule has 1 aromatic carbocycles. The van der Waals surface area contributed by atoms with Crippen molar-refractivity contribution in [2.24, 2.45) is 5.92 Å². The van der Waals surface area contributed by atoms with Gasteiger partial charge in [0.2, 0.25) is 5.91 Å². The summed E-state index contributed by atoms with van der Waals surface area (Å²) in [6.07, 6.45) is 5.33. The largest absolute Gasteiger partial charge is 0.493 e. The summed E-state index contributed by atoms with van der Waals surface area (Å²) in [6, 6.07) is 9.95. The van der Waals surface area contributed by atoms with Gasteiger partial charge in [-0.3, -0.25) is 14.7 Å². The minimum atomic E-state index is 0.143. The Morgan fingerprint density at radius 3 is 2.56 bits per heavy atom. The van der Waals surface area contributed by atoms with Crippen LogP contribution in [0.1, 0.15) is 24.0 Å². The normalized spacial score (nSPS) is 15.3. The highest BCUT2D eigenvalue weighted by Crippen LogP contribution is 2.30. The number of rotatable bonds is 7. The lowest BCUT2D eigenvalue weighted by molar-refractivity contribution is -0.125. The lowest BCUT2D eigenvalue weighted by Crippen LogP contribution is -2.39. The molecule has 0 aliphatic carbocycles. The molecular weight excluding hydrogens is 342 g/mol. The minimum Gasteiger partial charge on any atom is -0.493 e. The zero-order valence-electron chi connectivity index (χ0n) is 16.0. The molecule has 2 heterocycles. The van der Waals surface area contributed by atoms with Crippen LogP contribution < -0.4 is 14.8 Å². The summed E-state index contributed by atoms with van der Waals surface area (Å²) >= 11 is 0. The second-order valence-corrected chi connectivity index (χ2v) is 6.79. The highest BCUT2D eigenvalue weighted by Gasteiger charge is 2.24. The molecule has 1 fully saturated rings. The van der Waals surface area contributed by atoms with Gasteiger partial charge in [0.05, 0.1) is 7.11 Å². The quantitative estimate of drug-likeness (QED) is 0.813. The molecular formula is C21H27N3O3. The molecule has 1 saturated heterocycles. The van der Waals surface area contributed by atoms with Crippen molar-refractivity contribution in [3.05, 3.63) is 53.9 Å². The van der Waals surface area contributed by atoms with E-state index in [4.69, 9.17) is 9.47 Å². The van der Waals surface area contributed by atoms with Crippen LogP contribution in [0.25, 0.3) is 0 Å². The third kappa shape index (κ3) is 5.20. The van der Waals surface area contributed by atoms with Crippen molar-refractivity contribution in [3.63, 3.8) is 0 Å². The Morgan fingerprint density at radius 2 is 1.89 bits per heavy atom. The van der Waals surface area contributed by atoms with Crippen LogP contribution in [0.5, 0.6) is 11.5 Å². The van der Waals surface area contributed by atoms with E-state index < -0.39 is 0 Å². The number of carbonyl (C=O) groups excluding carboxylic acids is 1. The number of aromatic nitrogens is 1. The molecule has 0 saturated carbocycles. The van der Waals surface area contributed by atoms with E-state index in [0.717, 1.165) is 49.5 Å². The van der Waals surface area contributed by atoms with Gasteiger partial charge in [-0.05, 0) is 61.3 Å². The van der Waals surface area contributed by atoms with Crippen molar-refractivity contribution in [2.75, 3.05) is 27.2 Å². The van der Waals surface area contributed by atoms with Crippen LogP contribution in [0.3, 0.4) is 0 Å². The van der Waals surface area contributed by atoms with E-state index in [2.05, 4.69) is 21.3 Å². The molecule has 0 spiro atoms. The highest BCUT2D eigenvalue weighted by molar-refractivity contribution is 5.78. The monoisotopic (exact) mass is 369 g/mol. The maximum atomic E-state index is 11.8. The van der Waals surface area contributed by atoms with Gasteiger partial charge in [0.1, 0.15) is 6.61 Å². The predicted octanol–water partition coefficient (Wildman–Crippen LogP) is 2.63. The topological polar surface area (TPSA) is 63.7 Å². The second kappa shape index (κ2) is 9.37. The fourth-order valence-corrected chi connectivity index (χ4v) is 3.39. The van der Waals surface area contributed by atoms with E-state index in [1.54, 1.807) is 26.6 Å². The average Bonchev–Trinajstić information content (AvgIpc) is 2.73. The van der Waals surface area contributed by atoms with Crippen molar-refractivity contribution < 1.29 is 14.3 Å². The van der Waals surface area contributed by atoms with Gasteiger partial charge in [0.25, 0.3) is 0 Å². The second-order valence-electron chi connectivity index (χ2n) is 6.79. The summed E-state index contributed by atoms with van der Waals surface area (Å²) in [5.41, 5.74) is 2.25. The fourth-order valence-electron chi connectivity index (χ4n) is 3.39. The average molecular weight is 369 g/mol. The number of methoxy groups -OCH3 is 1. The van der Waals surface area contributed by atoms with E-state index in [-0.39, 0.29) is 11.8 Å². The summed E-state index contributed by atoms with van der Waals surface area (Å²) < 4.78 is 11.4. The summed E-state index contributed by atoms with van der Waals surface area (Å²) in [7, 11) is 3.37. The lowest BCUT2D eigenvalue weighted by atomic mass is 9.95. The SMILES string of the molecule is CNC(=O)C1CCN(Cc2ccc(OCc3ccncc3)c(OC)c2)CC1. The third-order valence-electron chi connectivity index (χ3n) is 4.98. The van der Waals surface area contributed by atoms with Gasteiger partial charge in [-0.25, -0.2) is 0 Å². The Kier molecular flexibility index (Phi) is 6.65. The van der Waals surface area contributed by atoms with Gasteiger partial charge in [-0.1, -0.05) is 6.07 Å². The van der Waals surface area contributed by atoms with Gasteiger partial charge in [-0.2, -0.15) is 0 Å². The Hall–Kier alpha value is -2.60. The molecule has 2 aromatic rings. The van der Waals surface area contributed by atoms with Crippen LogP contribution in [0.15, 0.2) is 42.7 Å². The van der Waals surface area contributed by atoms with Crippen LogP contribution >= 0.6 is 0 Å². The third-order valence-corrected chi connectivity index (χ3v) is 4.98. The van der Waals surface area contributed by atoms with Crippen molar-refractivity contribution in [1.29, 1.82) is 0 Å². The molecule has 6 heteroatoms. The van der Waals surface area contributed by atoms with Gasteiger partial charge in [0.15, 0.2) is 11.5 Å². The number of piperidine rings is 1. The number of nitrogens with zero attached hydrogens (tertiary/aromatic N) is 2. The Bertz CT molecular complexity index is 744. The molecule has 1 N–H and O–H groups in total. The summed E-state index contributed by atoms with van der Waals surface area (Å²) in [5, 5.41) is 2.75. The highest BCUT2D eigenvalue weighted by atomic mass is 16.5. The smallest absolute Gasteiger partial charge is 0.222 e. The maximum Gasteiger partial charge on any atom is 0.222 e. The predicted molar refractivity (Wildman–Crippen MR) is 104 cm³/mol. The van der Waals surface area contributed by atoms with Gasteiger partial charge < -0.3 is 14.8 Å². The first kappa shape index (κ1) is 19.2. The number of carbonyl (C=O) groups is 1. The zero-order valence-corrected chi connectivity index (χ0v) is 16.0. The van der Waals surface area contributed by atoms with Crippen LogP contribution in [0.2, 0.25) is 0 Å². The maximum absolute atomic E-state index is 11.8. The summed E-state index contributed by atoms with van der Waals surface area (Å²) in [6.45, 7) is 3.19. The van der Waals surface area contributed by atoms with Crippen LogP contribution in [0.4, 0.5) is 0 Å². The zero-order chi connectivity index (χ0) is 19.1. The van der Waals surface area contributed by atoms with Crippen LogP contribution in [-0.2, 0) is 17.9 Å². The number of likely N-dealkylation sites (tertiary alicyclic amines) is 1. The molecule has 1 aliphatic rings. The van der Waals surface area contributed by atoms with Crippen molar-refractivity contribution in [2.45, 2.75) is 26.0 Å². The summed E-state index contributed by atoms with van der Waals surface area (Å²) in [4.78, 5) is 18.1. The molecule has 0 radical (unpaired) electrons. The van der Waals surface area contributed by atoms with E-state index in [9.17, 15) is 4.79 Å². The lowest BCUT2D eigenvalue weighted by Gasteiger charge is -2.31. The number of amides is 1. The number of hydrogen-bond acceptors (Lipinski definition) is 5. The van der Waals surface area contributed by atoms with Crippen molar-refractivity contribution in [3.8, 4) is 11.5 Å².